The normalized spacial score (nSPS) is 9.45. The first kappa shape index (κ1) is 17.1. The van der Waals surface area contributed by atoms with Gasteiger partial charge in [0.05, 0.1) is 10.5 Å². The van der Waals surface area contributed by atoms with Crippen LogP contribution in [0.2, 0.25) is 0 Å². The maximum absolute atomic E-state index is 12.0. The molecular weight excluding hydrogens is 312 g/mol. The number of hydrogen-bond acceptors (Lipinski definition) is 4. The molecule has 0 radical (unpaired) electrons. The van der Waals surface area contributed by atoms with Crippen molar-refractivity contribution < 1.29 is 19.6 Å². The van der Waals surface area contributed by atoms with E-state index < -0.39 is 16.8 Å². The lowest BCUT2D eigenvalue weighted by molar-refractivity contribution is -0.384. The highest BCUT2D eigenvalue weighted by Crippen LogP contribution is 2.16. The van der Waals surface area contributed by atoms with Gasteiger partial charge in [0.2, 0.25) is 0 Å². The van der Waals surface area contributed by atoms with Crippen molar-refractivity contribution in [3.8, 4) is 0 Å². The van der Waals surface area contributed by atoms with Crippen molar-refractivity contribution in [3.05, 3.63) is 69.8 Å². The van der Waals surface area contributed by atoms with Crippen molar-refractivity contribution in [2.24, 2.45) is 0 Å². The van der Waals surface area contributed by atoms with Crippen LogP contribution in [0.15, 0.2) is 48.5 Å². The Morgan fingerprint density at radius 3 is 2.32 bits per heavy atom. The van der Waals surface area contributed by atoms with E-state index in [0.29, 0.717) is 5.69 Å². The summed E-state index contributed by atoms with van der Waals surface area (Å²) in [6, 6.07) is 11.0. The van der Waals surface area contributed by atoms with E-state index in [0.717, 1.165) is 6.07 Å². The van der Waals surface area contributed by atoms with Crippen LogP contribution in [-0.4, -0.2) is 21.9 Å². The molecule has 8 heteroatoms. The lowest BCUT2D eigenvalue weighted by Gasteiger charge is -2.06. The molecule has 0 saturated carbocycles. The Morgan fingerprint density at radius 1 is 1.05 bits per heavy atom. The summed E-state index contributed by atoms with van der Waals surface area (Å²) in [5.41, 5.74) is 0.255. The van der Waals surface area contributed by atoms with Crippen LogP contribution in [0.1, 0.15) is 20.7 Å². The van der Waals surface area contributed by atoms with Crippen LogP contribution in [-0.2, 0) is 0 Å². The smallest absolute Gasteiger partial charge is 0.335 e. The Morgan fingerprint density at radius 2 is 1.68 bits per heavy atom. The molecule has 7 nitrogen and oxygen atoms in total. The topological polar surface area (TPSA) is 110 Å². The standard InChI is InChI=1S/C14H10N2O5.ClH/c17-13(9-3-2-6-12(8-9)16(20)21)15-11-5-1-4-10(7-11)14(18)19;/h1-8H,(H,15,17)(H,18,19);1H. The van der Waals surface area contributed by atoms with Gasteiger partial charge in [0.15, 0.2) is 0 Å². The number of carbonyl (C=O) groups excluding carboxylic acids is 1. The van der Waals surface area contributed by atoms with Crippen LogP contribution in [0.4, 0.5) is 11.4 Å². The fourth-order valence-corrected chi connectivity index (χ4v) is 1.69. The quantitative estimate of drug-likeness (QED) is 0.664. The van der Waals surface area contributed by atoms with Gasteiger partial charge in [0.1, 0.15) is 0 Å². The summed E-state index contributed by atoms with van der Waals surface area (Å²) in [6.45, 7) is 0. The number of halogens is 1. The second-order valence-electron chi connectivity index (χ2n) is 4.15. The number of rotatable bonds is 4. The predicted molar refractivity (Wildman–Crippen MR) is 81.7 cm³/mol. The monoisotopic (exact) mass is 322 g/mol. The molecule has 0 aliphatic carbocycles. The fraction of sp³-hybridized carbons (Fsp3) is 0. The van der Waals surface area contributed by atoms with Crippen molar-refractivity contribution >= 4 is 35.7 Å². The minimum absolute atomic E-state index is 0. The van der Waals surface area contributed by atoms with Gasteiger partial charge in [-0.2, -0.15) is 0 Å². The van der Waals surface area contributed by atoms with Crippen molar-refractivity contribution in [1.29, 1.82) is 0 Å². The van der Waals surface area contributed by atoms with Gasteiger partial charge < -0.3 is 10.4 Å². The summed E-state index contributed by atoms with van der Waals surface area (Å²) in [5, 5.41) is 22.0. The number of benzene rings is 2. The molecule has 0 aliphatic heterocycles. The number of carboxylic acid groups (broad SMARTS) is 1. The van der Waals surface area contributed by atoms with E-state index in [1.165, 1.54) is 42.5 Å². The van der Waals surface area contributed by atoms with E-state index in [1.807, 2.05) is 0 Å². The molecule has 2 aromatic rings. The van der Waals surface area contributed by atoms with Gasteiger partial charge in [-0.05, 0) is 24.3 Å². The van der Waals surface area contributed by atoms with Gasteiger partial charge in [0.25, 0.3) is 11.6 Å². The van der Waals surface area contributed by atoms with E-state index in [9.17, 15) is 19.7 Å². The SMILES string of the molecule is Cl.O=C(O)c1cccc(NC(=O)c2cccc([N+](=O)[O-])c2)c1. The lowest BCUT2D eigenvalue weighted by atomic mass is 10.1. The van der Waals surface area contributed by atoms with Crippen LogP contribution < -0.4 is 5.32 Å². The number of nitrogens with one attached hydrogen (secondary N) is 1. The highest BCUT2D eigenvalue weighted by Gasteiger charge is 2.12. The summed E-state index contributed by atoms with van der Waals surface area (Å²) >= 11 is 0. The summed E-state index contributed by atoms with van der Waals surface area (Å²) in [7, 11) is 0. The van der Waals surface area contributed by atoms with Gasteiger partial charge in [0, 0.05) is 23.4 Å². The zero-order chi connectivity index (χ0) is 15.4. The van der Waals surface area contributed by atoms with Gasteiger partial charge in [-0.3, -0.25) is 14.9 Å². The van der Waals surface area contributed by atoms with E-state index in [4.69, 9.17) is 5.11 Å². The molecule has 0 spiro atoms. The average Bonchev–Trinajstić information content (AvgIpc) is 2.47. The third kappa shape index (κ3) is 4.03. The molecule has 2 aromatic carbocycles. The number of aromatic carboxylic acids is 1. The molecule has 0 aliphatic rings. The Kier molecular flexibility index (Phi) is 5.59. The minimum Gasteiger partial charge on any atom is -0.478 e. The second-order valence-corrected chi connectivity index (χ2v) is 4.15. The average molecular weight is 323 g/mol. The molecule has 2 N–H and O–H groups in total. The largest absolute Gasteiger partial charge is 0.478 e. The van der Waals surface area contributed by atoms with Crippen molar-refractivity contribution in [3.63, 3.8) is 0 Å². The molecule has 2 rings (SSSR count). The van der Waals surface area contributed by atoms with Crippen LogP contribution in [0.25, 0.3) is 0 Å². The number of anilines is 1. The number of carbonyl (C=O) groups is 2. The first-order chi connectivity index (χ1) is 9.97. The molecule has 0 atom stereocenters. The van der Waals surface area contributed by atoms with Crippen LogP contribution in [0.5, 0.6) is 0 Å². The zero-order valence-corrected chi connectivity index (χ0v) is 11.9. The number of non-ortho nitro benzene ring substituents is 1. The molecule has 0 heterocycles. The molecular formula is C14H11ClN2O5. The number of hydrogen-bond donors (Lipinski definition) is 2. The van der Waals surface area contributed by atoms with E-state index >= 15 is 0 Å². The van der Waals surface area contributed by atoms with Crippen molar-refractivity contribution in [2.45, 2.75) is 0 Å². The Labute approximate surface area is 131 Å². The maximum Gasteiger partial charge on any atom is 0.335 e. The Balaban J connectivity index is 0.00000242. The Hall–Kier alpha value is -2.93. The van der Waals surface area contributed by atoms with Gasteiger partial charge in [-0.25, -0.2) is 4.79 Å². The van der Waals surface area contributed by atoms with Crippen LogP contribution in [0, 0.1) is 10.1 Å². The van der Waals surface area contributed by atoms with E-state index in [2.05, 4.69) is 5.32 Å². The van der Waals surface area contributed by atoms with E-state index in [-0.39, 0.29) is 29.2 Å². The summed E-state index contributed by atoms with van der Waals surface area (Å²) in [6.07, 6.45) is 0. The highest BCUT2D eigenvalue weighted by molar-refractivity contribution is 6.05. The van der Waals surface area contributed by atoms with Gasteiger partial charge in [-0.15, -0.1) is 12.4 Å². The lowest BCUT2D eigenvalue weighted by Crippen LogP contribution is -2.12. The van der Waals surface area contributed by atoms with Gasteiger partial charge in [-0.1, -0.05) is 12.1 Å². The molecule has 0 aromatic heterocycles. The molecule has 0 fully saturated rings. The summed E-state index contributed by atoms with van der Waals surface area (Å²) in [4.78, 5) is 32.9. The van der Waals surface area contributed by atoms with E-state index in [1.54, 1.807) is 0 Å². The summed E-state index contributed by atoms with van der Waals surface area (Å²) in [5.74, 6) is -1.66. The molecule has 0 bridgehead atoms. The number of nitro groups is 1. The van der Waals surface area contributed by atoms with Crippen LogP contribution in [0.3, 0.4) is 0 Å². The second kappa shape index (κ2) is 7.19. The first-order valence-electron chi connectivity index (χ1n) is 5.86. The predicted octanol–water partition coefficient (Wildman–Crippen LogP) is 2.97. The van der Waals surface area contributed by atoms with Gasteiger partial charge >= 0.3 is 5.97 Å². The molecule has 0 unspecified atom stereocenters. The zero-order valence-electron chi connectivity index (χ0n) is 11.1. The number of carboxylic acids is 1. The molecule has 114 valence electrons. The minimum atomic E-state index is -1.11. The molecule has 22 heavy (non-hydrogen) atoms. The first-order valence-corrected chi connectivity index (χ1v) is 5.86. The molecule has 0 saturated heterocycles. The molecule has 1 amide bonds. The van der Waals surface area contributed by atoms with Crippen molar-refractivity contribution in [2.75, 3.05) is 5.32 Å². The number of amides is 1. The Bertz CT molecular complexity index is 733. The highest BCUT2D eigenvalue weighted by atomic mass is 35.5. The van der Waals surface area contributed by atoms with Crippen molar-refractivity contribution in [1.82, 2.24) is 0 Å². The number of nitro benzene ring substituents is 1. The number of nitrogens with zero attached hydrogens (tertiary/aromatic N) is 1. The third-order valence-electron chi connectivity index (χ3n) is 2.69. The third-order valence-corrected chi connectivity index (χ3v) is 2.69. The van der Waals surface area contributed by atoms with Crippen LogP contribution >= 0.6 is 12.4 Å². The summed E-state index contributed by atoms with van der Waals surface area (Å²) < 4.78 is 0. The fourth-order valence-electron chi connectivity index (χ4n) is 1.69. The maximum atomic E-state index is 12.0.